The fourth-order valence-corrected chi connectivity index (χ4v) is 1.98. The highest BCUT2D eigenvalue weighted by Gasteiger charge is 2.10. The van der Waals surface area contributed by atoms with Crippen molar-refractivity contribution < 1.29 is 9.18 Å². The van der Waals surface area contributed by atoms with Gasteiger partial charge in [0.25, 0.3) is 5.91 Å². The maximum Gasteiger partial charge on any atom is 0.255 e. The first kappa shape index (κ1) is 14.0. The molecule has 0 saturated carbocycles. The summed E-state index contributed by atoms with van der Waals surface area (Å²) < 4.78 is 13.3. The molecule has 2 aromatic rings. The third-order valence-electron chi connectivity index (χ3n) is 2.65. The van der Waals surface area contributed by atoms with Crippen LogP contribution in [0.4, 0.5) is 10.1 Å². The smallest absolute Gasteiger partial charge is 0.255 e. The molecule has 0 unspecified atom stereocenters. The lowest BCUT2D eigenvalue weighted by Crippen LogP contribution is -2.12. The largest absolute Gasteiger partial charge is 0.321 e. The van der Waals surface area contributed by atoms with Crippen LogP contribution in [0.5, 0.6) is 0 Å². The van der Waals surface area contributed by atoms with Gasteiger partial charge in [0.05, 0.1) is 22.3 Å². The summed E-state index contributed by atoms with van der Waals surface area (Å²) in [6.45, 7) is 1.70. The average molecular weight is 289 g/mol. The quantitative estimate of drug-likeness (QED) is 0.911. The maximum absolute atomic E-state index is 13.3. The number of benzene rings is 2. The summed E-state index contributed by atoms with van der Waals surface area (Å²) in [6, 6.07) is 10.5. The molecule has 3 nitrogen and oxygen atoms in total. The molecule has 1 N–H and O–H groups in total. The highest BCUT2D eigenvalue weighted by Crippen LogP contribution is 2.23. The van der Waals surface area contributed by atoms with Gasteiger partial charge >= 0.3 is 0 Å². The Morgan fingerprint density at radius 2 is 2.05 bits per heavy atom. The summed E-state index contributed by atoms with van der Waals surface area (Å²) in [7, 11) is 0. The second kappa shape index (κ2) is 5.72. The molecule has 100 valence electrons. The van der Waals surface area contributed by atoms with Gasteiger partial charge in [-0.05, 0) is 48.9 Å². The van der Waals surface area contributed by atoms with Crippen LogP contribution in [0.2, 0.25) is 5.02 Å². The number of anilines is 1. The molecule has 0 aliphatic carbocycles. The highest BCUT2D eigenvalue weighted by molar-refractivity contribution is 6.34. The molecule has 0 saturated heterocycles. The summed E-state index contributed by atoms with van der Waals surface area (Å²) in [5.74, 6) is -0.930. The molecule has 0 atom stereocenters. The molecule has 2 rings (SSSR count). The molecule has 0 aliphatic rings. The van der Waals surface area contributed by atoms with Gasteiger partial charge in [-0.25, -0.2) is 4.39 Å². The van der Waals surface area contributed by atoms with Gasteiger partial charge in [-0.1, -0.05) is 11.6 Å². The van der Waals surface area contributed by atoms with E-state index < -0.39 is 11.7 Å². The topological polar surface area (TPSA) is 52.9 Å². The number of hydrogen-bond donors (Lipinski definition) is 1. The molecule has 0 radical (unpaired) electrons. The molecular formula is C15H10ClFN2O. The molecule has 5 heteroatoms. The van der Waals surface area contributed by atoms with Crippen molar-refractivity contribution in [2.45, 2.75) is 6.92 Å². The summed E-state index contributed by atoms with van der Waals surface area (Å²) in [6.07, 6.45) is 0. The van der Waals surface area contributed by atoms with Gasteiger partial charge in [-0.3, -0.25) is 4.79 Å². The van der Waals surface area contributed by atoms with E-state index in [1.54, 1.807) is 19.1 Å². The van der Waals surface area contributed by atoms with Gasteiger partial charge in [0, 0.05) is 5.56 Å². The van der Waals surface area contributed by atoms with E-state index in [2.05, 4.69) is 5.32 Å². The lowest BCUT2D eigenvalue weighted by Gasteiger charge is -2.08. The number of amides is 1. The molecule has 0 aliphatic heterocycles. The third kappa shape index (κ3) is 3.14. The van der Waals surface area contributed by atoms with E-state index in [0.29, 0.717) is 16.8 Å². The van der Waals surface area contributed by atoms with Crippen molar-refractivity contribution in [2.24, 2.45) is 0 Å². The van der Waals surface area contributed by atoms with Gasteiger partial charge in [-0.2, -0.15) is 5.26 Å². The van der Waals surface area contributed by atoms with E-state index >= 15 is 0 Å². The fourth-order valence-electron chi connectivity index (χ4n) is 1.75. The van der Waals surface area contributed by atoms with Crippen molar-refractivity contribution in [3.8, 4) is 6.07 Å². The first-order valence-corrected chi connectivity index (χ1v) is 6.15. The minimum Gasteiger partial charge on any atom is -0.321 e. The zero-order chi connectivity index (χ0) is 14.7. The highest BCUT2D eigenvalue weighted by atomic mass is 35.5. The Hall–Kier alpha value is -2.38. The Labute approximate surface area is 120 Å². The van der Waals surface area contributed by atoms with E-state index in [1.807, 2.05) is 6.07 Å². The zero-order valence-electron chi connectivity index (χ0n) is 10.6. The second-order valence-electron chi connectivity index (χ2n) is 4.28. The number of halogens is 2. The Bertz CT molecular complexity index is 702. The predicted molar refractivity (Wildman–Crippen MR) is 75.3 cm³/mol. The summed E-state index contributed by atoms with van der Waals surface area (Å²) in [5, 5.41) is 11.6. The standard InChI is InChI=1S/C15H10ClFN2O/c1-9-4-11(7-12(17)5-9)15(20)19-14-3-2-10(8-18)6-13(14)16/h2-7H,1H3,(H,19,20). The molecule has 0 spiro atoms. The number of aryl methyl sites for hydroxylation is 1. The van der Waals surface area contributed by atoms with E-state index in [4.69, 9.17) is 16.9 Å². The molecule has 0 fully saturated rings. The van der Waals surface area contributed by atoms with Gasteiger partial charge in [0.15, 0.2) is 0 Å². The van der Waals surface area contributed by atoms with Gasteiger partial charge < -0.3 is 5.32 Å². The monoisotopic (exact) mass is 288 g/mol. The number of nitrogens with one attached hydrogen (secondary N) is 1. The number of nitriles is 1. The number of carbonyl (C=O) groups excluding carboxylic acids is 1. The lowest BCUT2D eigenvalue weighted by molar-refractivity contribution is 0.102. The molecule has 0 bridgehead atoms. The Kier molecular flexibility index (Phi) is 4.02. The number of carbonyl (C=O) groups is 1. The lowest BCUT2D eigenvalue weighted by atomic mass is 10.1. The Balaban J connectivity index is 2.26. The predicted octanol–water partition coefficient (Wildman–Crippen LogP) is 3.91. The SMILES string of the molecule is Cc1cc(F)cc(C(=O)Nc2ccc(C#N)cc2Cl)c1. The number of hydrogen-bond acceptors (Lipinski definition) is 2. The zero-order valence-corrected chi connectivity index (χ0v) is 11.3. The van der Waals surface area contributed by atoms with Crippen molar-refractivity contribution >= 4 is 23.2 Å². The van der Waals surface area contributed by atoms with E-state index in [0.717, 1.165) is 6.07 Å². The molecule has 0 aromatic heterocycles. The molecule has 0 heterocycles. The van der Waals surface area contributed by atoms with Crippen LogP contribution in [0, 0.1) is 24.1 Å². The summed E-state index contributed by atoms with van der Waals surface area (Å²) >= 11 is 5.96. The van der Waals surface area contributed by atoms with Crippen LogP contribution in [0.25, 0.3) is 0 Å². The van der Waals surface area contributed by atoms with Crippen molar-refractivity contribution in [3.63, 3.8) is 0 Å². The van der Waals surface area contributed by atoms with Crippen LogP contribution in [0.15, 0.2) is 36.4 Å². The van der Waals surface area contributed by atoms with Crippen molar-refractivity contribution in [2.75, 3.05) is 5.32 Å². The van der Waals surface area contributed by atoms with Crippen LogP contribution < -0.4 is 5.32 Å². The van der Waals surface area contributed by atoms with Crippen molar-refractivity contribution in [3.05, 3.63) is 63.9 Å². The molecule has 1 amide bonds. The Morgan fingerprint density at radius 1 is 1.30 bits per heavy atom. The van der Waals surface area contributed by atoms with Crippen LogP contribution >= 0.6 is 11.6 Å². The van der Waals surface area contributed by atoms with Gasteiger partial charge in [0.1, 0.15) is 5.82 Å². The van der Waals surface area contributed by atoms with Crippen molar-refractivity contribution in [1.29, 1.82) is 5.26 Å². The summed E-state index contributed by atoms with van der Waals surface area (Å²) in [4.78, 5) is 12.0. The second-order valence-corrected chi connectivity index (χ2v) is 4.69. The Morgan fingerprint density at radius 3 is 2.65 bits per heavy atom. The molecule has 2 aromatic carbocycles. The summed E-state index contributed by atoms with van der Waals surface area (Å²) in [5.41, 5.74) is 1.64. The minimum absolute atomic E-state index is 0.211. The first-order chi connectivity index (χ1) is 9.49. The minimum atomic E-state index is -0.471. The first-order valence-electron chi connectivity index (χ1n) is 5.78. The molecule has 20 heavy (non-hydrogen) atoms. The average Bonchev–Trinajstić information content (AvgIpc) is 2.39. The van der Waals surface area contributed by atoms with Crippen LogP contribution in [-0.4, -0.2) is 5.91 Å². The number of rotatable bonds is 2. The van der Waals surface area contributed by atoms with Crippen molar-refractivity contribution in [1.82, 2.24) is 0 Å². The third-order valence-corrected chi connectivity index (χ3v) is 2.96. The molecular weight excluding hydrogens is 279 g/mol. The van der Waals surface area contributed by atoms with Crippen LogP contribution in [-0.2, 0) is 0 Å². The van der Waals surface area contributed by atoms with Crippen LogP contribution in [0.3, 0.4) is 0 Å². The van der Waals surface area contributed by atoms with Gasteiger partial charge in [-0.15, -0.1) is 0 Å². The van der Waals surface area contributed by atoms with E-state index in [-0.39, 0.29) is 10.6 Å². The van der Waals surface area contributed by atoms with Crippen LogP contribution in [0.1, 0.15) is 21.5 Å². The number of nitrogens with zero attached hydrogens (tertiary/aromatic N) is 1. The normalized spacial score (nSPS) is 9.90. The van der Waals surface area contributed by atoms with E-state index in [1.165, 1.54) is 18.2 Å². The van der Waals surface area contributed by atoms with E-state index in [9.17, 15) is 9.18 Å². The van der Waals surface area contributed by atoms with Gasteiger partial charge in [0.2, 0.25) is 0 Å². The maximum atomic E-state index is 13.3. The fraction of sp³-hybridized carbons (Fsp3) is 0.0667.